The molecular weight excluding hydrogens is 408 g/mol. The fraction of sp³-hybridized carbons (Fsp3) is 0.292. The molecule has 0 aliphatic carbocycles. The van der Waals surface area contributed by atoms with E-state index in [0.29, 0.717) is 44.0 Å². The summed E-state index contributed by atoms with van der Waals surface area (Å²) in [6, 6.07) is 18.6. The number of H-pyrrole nitrogens is 1. The number of carbonyl (C=O) groups is 3. The second kappa shape index (κ2) is 10.00. The van der Waals surface area contributed by atoms with Crippen LogP contribution in [0.25, 0.3) is 10.9 Å². The molecule has 0 bridgehead atoms. The maximum Gasteiger partial charge on any atom is 0.268 e. The molecule has 3 aromatic rings. The third-order valence-corrected chi connectivity index (χ3v) is 5.48. The van der Waals surface area contributed by atoms with Crippen LogP contribution in [0.1, 0.15) is 16.9 Å². The number of carbonyl (C=O) groups excluding carboxylic acids is 3. The number of nitrogens with one attached hydrogen (secondary N) is 2. The Kier molecular flexibility index (Phi) is 6.69. The number of rotatable bonds is 6. The molecule has 8 nitrogen and oxygen atoms in total. The van der Waals surface area contributed by atoms with E-state index in [0.717, 1.165) is 10.9 Å². The molecule has 2 aromatic carbocycles. The Morgan fingerprint density at radius 3 is 2.31 bits per heavy atom. The molecule has 4 rings (SSSR count). The third kappa shape index (κ3) is 5.26. The lowest BCUT2D eigenvalue weighted by molar-refractivity contribution is -0.134. The molecule has 0 atom stereocenters. The Morgan fingerprint density at radius 1 is 0.875 bits per heavy atom. The van der Waals surface area contributed by atoms with Gasteiger partial charge in [-0.2, -0.15) is 0 Å². The lowest BCUT2D eigenvalue weighted by Gasteiger charge is -2.22. The van der Waals surface area contributed by atoms with Gasteiger partial charge in [-0.3, -0.25) is 14.4 Å². The van der Waals surface area contributed by atoms with E-state index in [1.54, 1.807) is 28.0 Å². The van der Waals surface area contributed by atoms with Crippen LogP contribution in [-0.2, 0) is 9.59 Å². The first-order valence-corrected chi connectivity index (χ1v) is 10.7. The molecule has 2 N–H and O–H groups in total. The maximum atomic E-state index is 12.6. The van der Waals surface area contributed by atoms with Gasteiger partial charge in [0.25, 0.3) is 11.8 Å². The van der Waals surface area contributed by atoms with Crippen LogP contribution in [0.4, 0.5) is 0 Å². The number of hydrogen-bond donors (Lipinski definition) is 2. The predicted octanol–water partition coefficient (Wildman–Crippen LogP) is 2.04. The number of benzene rings is 2. The van der Waals surface area contributed by atoms with Gasteiger partial charge in [-0.1, -0.05) is 36.4 Å². The van der Waals surface area contributed by atoms with Gasteiger partial charge < -0.3 is 24.8 Å². The number of hydrogen-bond acceptors (Lipinski definition) is 4. The smallest absolute Gasteiger partial charge is 0.268 e. The summed E-state index contributed by atoms with van der Waals surface area (Å²) < 4.78 is 5.54. The number of ether oxygens (including phenoxy) is 1. The molecule has 1 aliphatic heterocycles. The molecule has 0 radical (unpaired) electrons. The van der Waals surface area contributed by atoms with Gasteiger partial charge in [0.15, 0.2) is 6.61 Å². The van der Waals surface area contributed by atoms with Crippen molar-refractivity contribution in [3.05, 3.63) is 66.4 Å². The highest BCUT2D eigenvalue weighted by molar-refractivity contribution is 5.99. The number of fused-ring (bicyclic) bond motifs is 1. The summed E-state index contributed by atoms with van der Waals surface area (Å²) in [5, 5.41) is 3.63. The molecule has 1 saturated heterocycles. The highest BCUT2D eigenvalue weighted by Crippen LogP contribution is 2.14. The number of para-hydroxylation sites is 2. The zero-order chi connectivity index (χ0) is 22.3. The minimum atomic E-state index is -0.320. The lowest BCUT2D eigenvalue weighted by Crippen LogP contribution is -2.43. The van der Waals surface area contributed by atoms with Crippen molar-refractivity contribution in [2.75, 3.05) is 39.3 Å². The molecule has 0 spiro atoms. The average molecular weight is 434 g/mol. The van der Waals surface area contributed by atoms with Crippen molar-refractivity contribution in [3.63, 3.8) is 0 Å². The van der Waals surface area contributed by atoms with Crippen molar-refractivity contribution >= 4 is 28.6 Å². The zero-order valence-electron chi connectivity index (χ0n) is 17.8. The van der Waals surface area contributed by atoms with Crippen LogP contribution in [-0.4, -0.2) is 71.8 Å². The van der Waals surface area contributed by atoms with Crippen molar-refractivity contribution in [2.24, 2.45) is 0 Å². The van der Waals surface area contributed by atoms with Crippen LogP contribution in [0.3, 0.4) is 0 Å². The Morgan fingerprint density at radius 2 is 1.56 bits per heavy atom. The molecule has 0 unspecified atom stereocenters. The molecule has 1 aromatic heterocycles. The fourth-order valence-corrected chi connectivity index (χ4v) is 3.73. The SMILES string of the molecule is O=C(NCC(=O)N1CCCN(C(=O)COc2ccccc2)CC1)c1cc2ccccc2[nH]1. The van der Waals surface area contributed by atoms with E-state index in [9.17, 15) is 14.4 Å². The van der Waals surface area contributed by atoms with Gasteiger partial charge in [-0.15, -0.1) is 0 Å². The molecular formula is C24H26N4O4. The molecule has 1 aliphatic rings. The van der Waals surface area contributed by atoms with Crippen LogP contribution >= 0.6 is 0 Å². The maximum absolute atomic E-state index is 12.6. The first-order chi connectivity index (χ1) is 15.6. The molecule has 8 heteroatoms. The summed E-state index contributed by atoms with van der Waals surface area (Å²) in [7, 11) is 0. The van der Waals surface area contributed by atoms with E-state index in [2.05, 4.69) is 10.3 Å². The van der Waals surface area contributed by atoms with Gasteiger partial charge in [0, 0.05) is 37.1 Å². The largest absolute Gasteiger partial charge is 0.484 e. The van der Waals surface area contributed by atoms with Gasteiger partial charge in [0.05, 0.1) is 6.54 Å². The van der Waals surface area contributed by atoms with Gasteiger partial charge in [-0.05, 0) is 30.7 Å². The van der Waals surface area contributed by atoms with Gasteiger partial charge in [-0.25, -0.2) is 0 Å². The van der Waals surface area contributed by atoms with Crippen molar-refractivity contribution in [3.8, 4) is 5.75 Å². The van der Waals surface area contributed by atoms with Crippen LogP contribution in [0.5, 0.6) is 5.75 Å². The summed E-state index contributed by atoms with van der Waals surface area (Å²) in [4.78, 5) is 44.0. The number of amides is 3. The van der Waals surface area contributed by atoms with Crippen LogP contribution < -0.4 is 10.1 Å². The molecule has 0 saturated carbocycles. The summed E-state index contributed by atoms with van der Waals surface area (Å²) in [6.45, 7) is 1.88. The summed E-state index contributed by atoms with van der Waals surface area (Å²) in [5.41, 5.74) is 1.29. The minimum absolute atomic E-state index is 0.0292. The second-order valence-corrected chi connectivity index (χ2v) is 7.67. The van der Waals surface area contributed by atoms with Gasteiger partial charge in [0.1, 0.15) is 11.4 Å². The standard InChI is InChI=1S/C24H26N4O4/c29-22(16-25-24(31)21-15-18-7-4-5-10-20(18)26-21)27-11-6-12-28(14-13-27)23(30)17-32-19-8-2-1-3-9-19/h1-5,7-10,15,26H,6,11-14,16-17H2,(H,25,31). The van der Waals surface area contributed by atoms with E-state index in [1.807, 2.05) is 42.5 Å². The highest BCUT2D eigenvalue weighted by atomic mass is 16.5. The van der Waals surface area contributed by atoms with Crippen molar-refractivity contribution in [1.29, 1.82) is 0 Å². The van der Waals surface area contributed by atoms with E-state index in [1.165, 1.54) is 0 Å². The summed E-state index contributed by atoms with van der Waals surface area (Å²) >= 11 is 0. The van der Waals surface area contributed by atoms with E-state index >= 15 is 0 Å². The lowest BCUT2D eigenvalue weighted by atomic mass is 10.2. The first-order valence-electron chi connectivity index (χ1n) is 10.7. The molecule has 32 heavy (non-hydrogen) atoms. The van der Waals surface area contributed by atoms with E-state index in [4.69, 9.17) is 4.74 Å². The van der Waals surface area contributed by atoms with E-state index in [-0.39, 0.29) is 30.9 Å². The second-order valence-electron chi connectivity index (χ2n) is 7.67. The normalized spacial score (nSPS) is 14.1. The Balaban J connectivity index is 1.24. The van der Waals surface area contributed by atoms with Crippen LogP contribution in [0.2, 0.25) is 0 Å². The fourth-order valence-electron chi connectivity index (χ4n) is 3.73. The molecule has 3 amide bonds. The minimum Gasteiger partial charge on any atom is -0.484 e. The molecule has 1 fully saturated rings. The Bertz CT molecular complexity index is 1060. The number of nitrogens with zero attached hydrogens (tertiary/aromatic N) is 2. The average Bonchev–Trinajstić information content (AvgIpc) is 3.11. The van der Waals surface area contributed by atoms with E-state index < -0.39 is 0 Å². The van der Waals surface area contributed by atoms with Gasteiger partial charge >= 0.3 is 0 Å². The zero-order valence-corrected chi connectivity index (χ0v) is 17.8. The molecule has 166 valence electrons. The highest BCUT2D eigenvalue weighted by Gasteiger charge is 2.23. The van der Waals surface area contributed by atoms with Gasteiger partial charge in [0.2, 0.25) is 5.91 Å². The summed E-state index contributed by atoms with van der Waals surface area (Å²) in [6.07, 6.45) is 0.679. The monoisotopic (exact) mass is 434 g/mol. The van der Waals surface area contributed by atoms with Crippen molar-refractivity contribution in [2.45, 2.75) is 6.42 Å². The topological polar surface area (TPSA) is 94.7 Å². The van der Waals surface area contributed by atoms with Crippen LogP contribution in [0, 0.1) is 0 Å². The summed E-state index contributed by atoms with van der Waals surface area (Å²) in [5.74, 6) is 0.0666. The van der Waals surface area contributed by atoms with Crippen molar-refractivity contribution < 1.29 is 19.1 Å². The predicted molar refractivity (Wildman–Crippen MR) is 120 cm³/mol. The Labute approximate surface area is 186 Å². The molecule has 2 heterocycles. The van der Waals surface area contributed by atoms with Crippen LogP contribution in [0.15, 0.2) is 60.7 Å². The number of aromatic amines is 1. The van der Waals surface area contributed by atoms with Crippen molar-refractivity contribution in [1.82, 2.24) is 20.1 Å². The first kappa shape index (κ1) is 21.4. The number of aromatic nitrogens is 1. The third-order valence-electron chi connectivity index (χ3n) is 5.48. The Hall–Kier alpha value is -3.81. The quantitative estimate of drug-likeness (QED) is 0.621.